The Kier molecular flexibility index (Phi) is 9.18. The van der Waals surface area contributed by atoms with E-state index in [1.807, 2.05) is 20.8 Å². The summed E-state index contributed by atoms with van der Waals surface area (Å²) < 4.78 is 5.12. The highest BCUT2D eigenvalue weighted by atomic mass is 32.1. The maximum atomic E-state index is 12.0. The van der Waals surface area contributed by atoms with Crippen LogP contribution in [-0.2, 0) is 4.74 Å². The topological polar surface area (TPSA) is 78.9 Å². The Morgan fingerprint density at radius 1 is 1.32 bits per heavy atom. The minimum Gasteiger partial charge on any atom is -0.462 e. The van der Waals surface area contributed by atoms with Crippen molar-refractivity contribution in [3.05, 3.63) is 15.6 Å². The van der Waals surface area contributed by atoms with Crippen molar-refractivity contribution in [1.29, 1.82) is 0 Å². The number of nitrogens with one attached hydrogen (secondary N) is 2. The van der Waals surface area contributed by atoms with Crippen LogP contribution in [0.1, 0.15) is 73.4 Å². The Morgan fingerprint density at radius 2 is 2.04 bits per heavy atom. The molecular formula is C20H35N5O2S. The maximum absolute atomic E-state index is 12.0. The third-order valence-electron chi connectivity index (χ3n) is 4.93. The van der Waals surface area contributed by atoms with Gasteiger partial charge < -0.3 is 15.4 Å². The summed E-state index contributed by atoms with van der Waals surface area (Å²) in [5.41, 5.74) is 0.717. The lowest BCUT2D eigenvalue weighted by Gasteiger charge is -2.25. The second-order valence-electron chi connectivity index (χ2n) is 7.08. The average Bonchev–Trinajstić information content (AvgIpc) is 3.32. The van der Waals surface area contributed by atoms with E-state index in [1.165, 1.54) is 37.3 Å². The maximum Gasteiger partial charge on any atom is 0.350 e. The van der Waals surface area contributed by atoms with Crippen molar-refractivity contribution in [2.24, 2.45) is 4.99 Å². The van der Waals surface area contributed by atoms with Gasteiger partial charge in [0.1, 0.15) is 9.88 Å². The Morgan fingerprint density at radius 3 is 2.64 bits per heavy atom. The second-order valence-corrected chi connectivity index (χ2v) is 8.11. The fraction of sp³-hybridized carbons (Fsp3) is 0.750. The number of likely N-dealkylation sites (tertiary alicyclic amines) is 1. The highest BCUT2D eigenvalue weighted by Gasteiger charge is 2.22. The number of ether oxygens (including phenoxy) is 1. The van der Waals surface area contributed by atoms with Gasteiger partial charge in [0, 0.05) is 12.6 Å². The number of aromatic nitrogens is 1. The summed E-state index contributed by atoms with van der Waals surface area (Å²) in [6.45, 7) is 14.3. The van der Waals surface area contributed by atoms with Crippen LogP contribution in [0.3, 0.4) is 0 Å². The van der Waals surface area contributed by atoms with E-state index in [4.69, 9.17) is 9.73 Å². The molecule has 28 heavy (non-hydrogen) atoms. The largest absolute Gasteiger partial charge is 0.462 e. The molecule has 1 aromatic rings. The molecule has 1 saturated heterocycles. The predicted molar refractivity (Wildman–Crippen MR) is 115 cm³/mol. The van der Waals surface area contributed by atoms with Crippen molar-refractivity contribution in [1.82, 2.24) is 20.5 Å². The number of aryl methyl sites for hydroxylation is 1. The summed E-state index contributed by atoms with van der Waals surface area (Å²) >= 11 is 1.39. The van der Waals surface area contributed by atoms with Gasteiger partial charge in [0.25, 0.3) is 0 Å². The van der Waals surface area contributed by atoms with E-state index in [0.717, 1.165) is 30.5 Å². The van der Waals surface area contributed by atoms with Crippen molar-refractivity contribution in [3.63, 3.8) is 0 Å². The molecule has 0 saturated carbocycles. The van der Waals surface area contributed by atoms with Crippen LogP contribution < -0.4 is 10.6 Å². The predicted octanol–water partition coefficient (Wildman–Crippen LogP) is 3.12. The van der Waals surface area contributed by atoms with Gasteiger partial charge in [-0.25, -0.2) is 9.78 Å². The lowest BCUT2D eigenvalue weighted by Crippen LogP contribution is -2.41. The Labute approximate surface area is 173 Å². The van der Waals surface area contributed by atoms with Crippen molar-refractivity contribution >= 4 is 23.3 Å². The number of rotatable bonds is 9. The molecule has 1 aromatic heterocycles. The normalized spacial score (nSPS) is 17.4. The molecule has 1 aliphatic heterocycles. The van der Waals surface area contributed by atoms with Crippen LogP contribution in [0.15, 0.2) is 4.99 Å². The van der Waals surface area contributed by atoms with Gasteiger partial charge in [-0.1, -0.05) is 6.92 Å². The fourth-order valence-electron chi connectivity index (χ4n) is 3.38. The first-order chi connectivity index (χ1) is 13.5. The van der Waals surface area contributed by atoms with E-state index in [0.29, 0.717) is 23.2 Å². The highest BCUT2D eigenvalue weighted by Crippen LogP contribution is 2.24. The molecule has 8 heteroatoms. The van der Waals surface area contributed by atoms with Crippen molar-refractivity contribution in [3.8, 4) is 0 Å². The zero-order valence-electron chi connectivity index (χ0n) is 17.9. The molecule has 2 N–H and O–H groups in total. The summed E-state index contributed by atoms with van der Waals surface area (Å²) in [6.07, 6.45) is 3.69. The van der Waals surface area contributed by atoms with E-state index >= 15 is 0 Å². The quantitative estimate of drug-likeness (QED) is 0.371. The molecule has 0 aromatic carbocycles. The van der Waals surface area contributed by atoms with E-state index in [9.17, 15) is 4.79 Å². The zero-order valence-corrected chi connectivity index (χ0v) is 18.7. The molecule has 0 spiro atoms. The van der Waals surface area contributed by atoms with Gasteiger partial charge in [-0.2, -0.15) is 0 Å². The van der Waals surface area contributed by atoms with Gasteiger partial charge in [-0.15, -0.1) is 11.3 Å². The number of aliphatic imine (C=N–C) groups is 1. The molecule has 2 heterocycles. The second kappa shape index (κ2) is 11.4. The standard InChI is InChI=1S/C20H35N5O2S/c1-6-16(25-11-9-10-12-25)13-22-20(21-7-2)24-15(5)18-23-14(4)17(28-18)19(26)27-8-3/h15-16H,6-13H2,1-5H3,(H2,21,22,24). The van der Waals surface area contributed by atoms with Crippen LogP contribution >= 0.6 is 11.3 Å². The number of esters is 1. The molecule has 2 rings (SSSR count). The number of guanidine groups is 1. The Balaban J connectivity index is 2.04. The number of hydrogen-bond acceptors (Lipinski definition) is 6. The third-order valence-corrected chi connectivity index (χ3v) is 6.25. The van der Waals surface area contributed by atoms with E-state index in [2.05, 4.69) is 34.4 Å². The van der Waals surface area contributed by atoms with Gasteiger partial charge in [-0.05, 0) is 60.0 Å². The van der Waals surface area contributed by atoms with Gasteiger partial charge in [0.2, 0.25) is 0 Å². The van der Waals surface area contributed by atoms with Crippen LogP contribution in [-0.4, -0.2) is 60.6 Å². The van der Waals surface area contributed by atoms with Crippen molar-refractivity contribution in [2.75, 3.05) is 32.8 Å². The Hall–Kier alpha value is -1.67. The molecular weight excluding hydrogens is 374 g/mol. The molecule has 1 aliphatic rings. The van der Waals surface area contributed by atoms with Crippen molar-refractivity contribution < 1.29 is 9.53 Å². The number of carbonyl (C=O) groups excluding carboxylic acids is 1. The molecule has 1 fully saturated rings. The number of hydrogen-bond donors (Lipinski definition) is 2. The lowest BCUT2D eigenvalue weighted by molar-refractivity contribution is 0.0531. The van der Waals surface area contributed by atoms with Gasteiger partial charge in [-0.3, -0.25) is 9.89 Å². The molecule has 2 unspecified atom stereocenters. The summed E-state index contributed by atoms with van der Waals surface area (Å²) in [5, 5.41) is 7.61. The molecule has 158 valence electrons. The van der Waals surface area contributed by atoms with E-state index in [-0.39, 0.29) is 12.0 Å². The summed E-state index contributed by atoms with van der Waals surface area (Å²) in [4.78, 5) is 24.6. The first kappa shape index (κ1) is 22.6. The lowest BCUT2D eigenvalue weighted by atomic mass is 10.2. The summed E-state index contributed by atoms with van der Waals surface area (Å²) in [7, 11) is 0. The zero-order chi connectivity index (χ0) is 20.5. The number of carbonyl (C=O) groups is 1. The van der Waals surface area contributed by atoms with Crippen LogP contribution in [0.5, 0.6) is 0 Å². The first-order valence-electron chi connectivity index (χ1n) is 10.4. The van der Waals surface area contributed by atoms with Crippen LogP contribution in [0.25, 0.3) is 0 Å². The molecule has 7 nitrogen and oxygen atoms in total. The molecule has 0 aliphatic carbocycles. The van der Waals surface area contributed by atoms with Crippen molar-refractivity contribution in [2.45, 2.75) is 66.0 Å². The van der Waals surface area contributed by atoms with Gasteiger partial charge in [0.15, 0.2) is 5.96 Å². The minimum absolute atomic E-state index is 0.0449. The number of nitrogens with zero attached hydrogens (tertiary/aromatic N) is 3. The Bertz CT molecular complexity index is 655. The molecule has 0 amide bonds. The first-order valence-corrected chi connectivity index (χ1v) is 11.2. The third kappa shape index (κ3) is 6.17. The summed E-state index contributed by atoms with van der Waals surface area (Å²) in [6, 6.07) is 0.447. The average molecular weight is 410 g/mol. The highest BCUT2D eigenvalue weighted by molar-refractivity contribution is 7.13. The van der Waals surface area contributed by atoms with Crippen LogP contribution in [0.4, 0.5) is 0 Å². The van der Waals surface area contributed by atoms with Gasteiger partial charge in [0.05, 0.1) is 24.9 Å². The summed E-state index contributed by atoms with van der Waals surface area (Å²) in [5.74, 6) is 0.492. The monoisotopic (exact) mass is 409 g/mol. The van der Waals surface area contributed by atoms with Gasteiger partial charge >= 0.3 is 5.97 Å². The smallest absolute Gasteiger partial charge is 0.350 e. The van der Waals surface area contributed by atoms with Crippen LogP contribution in [0, 0.1) is 6.92 Å². The molecule has 0 radical (unpaired) electrons. The minimum atomic E-state index is -0.298. The fourth-order valence-corrected chi connectivity index (χ4v) is 4.34. The van der Waals surface area contributed by atoms with Crippen LogP contribution in [0.2, 0.25) is 0 Å². The SMILES string of the molecule is CCNC(=NCC(CC)N1CCCC1)NC(C)c1nc(C)c(C(=O)OCC)s1. The van der Waals surface area contributed by atoms with E-state index in [1.54, 1.807) is 0 Å². The number of thiazole rings is 1. The van der Waals surface area contributed by atoms with E-state index < -0.39 is 0 Å². The molecule has 2 atom stereocenters. The molecule has 0 bridgehead atoms.